The minimum atomic E-state index is 1.10. The van der Waals surface area contributed by atoms with Crippen LogP contribution in [-0.2, 0) is 12.8 Å². The van der Waals surface area contributed by atoms with Gasteiger partial charge in [-0.2, -0.15) is 0 Å². The molecule has 1 heterocycles. The van der Waals surface area contributed by atoms with Gasteiger partial charge >= 0.3 is 0 Å². The van der Waals surface area contributed by atoms with Gasteiger partial charge in [0.2, 0.25) is 0 Å². The molecule has 1 aliphatic heterocycles. The Bertz CT molecular complexity index is 1500. The van der Waals surface area contributed by atoms with Crippen LogP contribution in [0.3, 0.4) is 0 Å². The number of piperazine rings is 1. The number of benzene rings is 4. The molecule has 0 spiro atoms. The minimum absolute atomic E-state index is 1.10. The molecule has 0 bridgehead atoms. The molecule has 7 rings (SSSR count). The maximum Gasteiger partial charge on any atom is 0.0446 e. The van der Waals surface area contributed by atoms with Gasteiger partial charge in [0, 0.05) is 43.8 Å². The van der Waals surface area contributed by atoms with E-state index in [1.807, 2.05) is 0 Å². The van der Waals surface area contributed by atoms with Crippen molar-refractivity contribution >= 4 is 32.8 Å². The van der Waals surface area contributed by atoms with Crippen LogP contribution < -0.4 is 4.90 Å². The molecule has 0 saturated carbocycles. The van der Waals surface area contributed by atoms with Gasteiger partial charge in [-0.05, 0) is 76.6 Å². The van der Waals surface area contributed by atoms with Gasteiger partial charge in [0.25, 0.3) is 0 Å². The van der Waals surface area contributed by atoms with Crippen LogP contribution in [0.25, 0.3) is 27.1 Å². The first-order valence-corrected chi connectivity index (χ1v) is 13.7. The molecule has 0 atom stereocenters. The van der Waals surface area contributed by atoms with E-state index < -0.39 is 0 Å². The molecule has 1 saturated heterocycles. The summed E-state index contributed by atoms with van der Waals surface area (Å²) in [4.78, 5) is 5.22. The van der Waals surface area contributed by atoms with Crippen LogP contribution in [0.2, 0.25) is 0 Å². The minimum Gasteiger partial charge on any atom is -0.368 e. The van der Waals surface area contributed by atoms with E-state index in [4.69, 9.17) is 0 Å². The summed E-state index contributed by atoms with van der Waals surface area (Å²) in [6.07, 6.45) is 10.7. The van der Waals surface area contributed by atoms with E-state index in [1.165, 1.54) is 69.6 Å². The van der Waals surface area contributed by atoms with Crippen molar-refractivity contribution in [2.24, 2.45) is 0 Å². The fraction of sp³-hybridized carbons (Fsp3) is 0.294. The highest BCUT2D eigenvalue weighted by Gasteiger charge is 2.21. The average Bonchev–Trinajstić information content (AvgIpc) is 2.95. The Morgan fingerprint density at radius 2 is 1.53 bits per heavy atom. The van der Waals surface area contributed by atoms with Crippen molar-refractivity contribution in [1.29, 1.82) is 0 Å². The van der Waals surface area contributed by atoms with Gasteiger partial charge in [-0.25, -0.2) is 0 Å². The summed E-state index contributed by atoms with van der Waals surface area (Å²) in [5, 5.41) is 5.59. The van der Waals surface area contributed by atoms with Crippen LogP contribution in [0.15, 0.2) is 90.5 Å². The summed E-state index contributed by atoms with van der Waals surface area (Å²) in [5.74, 6) is 0. The van der Waals surface area contributed by atoms with Crippen molar-refractivity contribution in [3.8, 4) is 0 Å². The highest BCUT2D eigenvalue weighted by Crippen LogP contribution is 2.40. The van der Waals surface area contributed by atoms with Crippen LogP contribution >= 0.6 is 0 Å². The van der Waals surface area contributed by atoms with E-state index >= 15 is 0 Å². The third kappa shape index (κ3) is 3.94. The molecule has 180 valence electrons. The summed E-state index contributed by atoms with van der Waals surface area (Å²) < 4.78 is 0. The van der Waals surface area contributed by atoms with Gasteiger partial charge in [-0.3, -0.25) is 4.90 Å². The van der Waals surface area contributed by atoms with Gasteiger partial charge in [-0.1, -0.05) is 84.5 Å². The Labute approximate surface area is 214 Å². The number of allylic oxidation sites excluding steroid dienone is 4. The molecule has 0 aromatic heterocycles. The molecule has 3 aliphatic rings. The Balaban J connectivity index is 1.05. The fourth-order valence-electron chi connectivity index (χ4n) is 6.62. The standard InChI is InChI=1S/C34H34N2/c1-3-9-29-27(7-1)14-17-32-31(29)16-15-28-13-12-25(24-33(28)32)18-19-35-20-22-36(23-21-35)34-11-5-8-26-6-2-4-10-30(26)34/h2-6,8-13,15-16,24H,1,7,14,17-23H2. The van der Waals surface area contributed by atoms with Gasteiger partial charge in [0.05, 0.1) is 0 Å². The summed E-state index contributed by atoms with van der Waals surface area (Å²) in [6, 6.07) is 27.4. The van der Waals surface area contributed by atoms with E-state index in [0.717, 1.165) is 39.1 Å². The molecule has 4 aromatic rings. The van der Waals surface area contributed by atoms with E-state index in [1.54, 1.807) is 11.1 Å². The lowest BCUT2D eigenvalue weighted by atomic mass is 9.79. The molecule has 4 aromatic carbocycles. The van der Waals surface area contributed by atoms with Crippen molar-refractivity contribution in [3.63, 3.8) is 0 Å². The number of nitrogens with zero attached hydrogens (tertiary/aromatic N) is 2. The molecule has 1 fully saturated rings. The first kappa shape index (κ1) is 21.9. The van der Waals surface area contributed by atoms with Crippen LogP contribution in [0.1, 0.15) is 36.0 Å². The number of aryl methyl sites for hydroxylation is 1. The Morgan fingerprint density at radius 3 is 2.47 bits per heavy atom. The second-order valence-corrected chi connectivity index (χ2v) is 10.7. The van der Waals surface area contributed by atoms with E-state index in [2.05, 4.69) is 94.7 Å². The first-order valence-electron chi connectivity index (χ1n) is 13.7. The first-order chi connectivity index (χ1) is 17.8. The van der Waals surface area contributed by atoms with Gasteiger partial charge in [0.1, 0.15) is 0 Å². The molecule has 2 nitrogen and oxygen atoms in total. The lowest BCUT2D eigenvalue weighted by Gasteiger charge is -2.36. The summed E-state index contributed by atoms with van der Waals surface area (Å²) >= 11 is 0. The normalized spacial score (nSPS) is 18.1. The Kier molecular flexibility index (Phi) is 5.63. The highest BCUT2D eigenvalue weighted by molar-refractivity contribution is 5.95. The SMILES string of the molecule is C1=CC2=C(CC1)CCc1c2ccc2ccc(CCN3CCN(c4cccc5ccccc45)CC3)cc12. The molecule has 36 heavy (non-hydrogen) atoms. The third-order valence-electron chi connectivity index (χ3n) is 8.64. The zero-order valence-corrected chi connectivity index (χ0v) is 21.0. The molecule has 0 N–H and O–H groups in total. The number of anilines is 1. The predicted molar refractivity (Wildman–Crippen MR) is 154 cm³/mol. The Morgan fingerprint density at radius 1 is 0.694 bits per heavy atom. The quantitative estimate of drug-likeness (QED) is 0.306. The molecule has 2 aliphatic carbocycles. The lowest BCUT2D eigenvalue weighted by Crippen LogP contribution is -2.47. The third-order valence-corrected chi connectivity index (χ3v) is 8.64. The maximum absolute atomic E-state index is 2.65. The van der Waals surface area contributed by atoms with Crippen LogP contribution in [0.5, 0.6) is 0 Å². The largest absolute Gasteiger partial charge is 0.368 e. The zero-order chi connectivity index (χ0) is 23.9. The average molecular weight is 471 g/mol. The van der Waals surface area contributed by atoms with Crippen LogP contribution in [0.4, 0.5) is 5.69 Å². The van der Waals surface area contributed by atoms with E-state index in [-0.39, 0.29) is 0 Å². The van der Waals surface area contributed by atoms with Crippen molar-refractivity contribution in [3.05, 3.63) is 107 Å². The lowest BCUT2D eigenvalue weighted by molar-refractivity contribution is 0.261. The van der Waals surface area contributed by atoms with Crippen molar-refractivity contribution in [2.45, 2.75) is 32.1 Å². The highest BCUT2D eigenvalue weighted by atomic mass is 15.3. The van der Waals surface area contributed by atoms with Crippen LogP contribution in [0, 0.1) is 0 Å². The van der Waals surface area contributed by atoms with Gasteiger partial charge in [0.15, 0.2) is 0 Å². The van der Waals surface area contributed by atoms with Crippen molar-refractivity contribution in [1.82, 2.24) is 4.90 Å². The van der Waals surface area contributed by atoms with Crippen molar-refractivity contribution in [2.75, 3.05) is 37.6 Å². The van der Waals surface area contributed by atoms with Crippen LogP contribution in [-0.4, -0.2) is 37.6 Å². The molecular formula is C34H34N2. The number of hydrogen-bond donors (Lipinski definition) is 0. The number of hydrogen-bond acceptors (Lipinski definition) is 2. The fourth-order valence-corrected chi connectivity index (χ4v) is 6.62. The van der Waals surface area contributed by atoms with Gasteiger partial charge < -0.3 is 4.90 Å². The monoisotopic (exact) mass is 470 g/mol. The summed E-state index contributed by atoms with van der Waals surface area (Å²) in [6.45, 7) is 5.61. The molecule has 0 amide bonds. The second kappa shape index (κ2) is 9.26. The zero-order valence-electron chi connectivity index (χ0n) is 21.0. The predicted octanol–water partition coefficient (Wildman–Crippen LogP) is 7.41. The number of fused-ring (bicyclic) bond motifs is 5. The second-order valence-electron chi connectivity index (χ2n) is 10.7. The summed E-state index contributed by atoms with van der Waals surface area (Å²) in [5.41, 5.74) is 9.11. The smallest absolute Gasteiger partial charge is 0.0446 e. The summed E-state index contributed by atoms with van der Waals surface area (Å²) in [7, 11) is 0. The molecular weight excluding hydrogens is 436 g/mol. The maximum atomic E-state index is 2.65. The molecule has 0 radical (unpaired) electrons. The van der Waals surface area contributed by atoms with E-state index in [0.29, 0.717) is 0 Å². The van der Waals surface area contributed by atoms with Gasteiger partial charge in [-0.15, -0.1) is 0 Å². The van der Waals surface area contributed by atoms with Crippen molar-refractivity contribution < 1.29 is 0 Å². The van der Waals surface area contributed by atoms with E-state index in [9.17, 15) is 0 Å². The molecule has 0 unspecified atom stereocenters. The molecule has 2 heteroatoms. The number of rotatable bonds is 4. The Hall–Kier alpha value is -3.36. The topological polar surface area (TPSA) is 6.48 Å².